The van der Waals surface area contributed by atoms with Gasteiger partial charge in [0.2, 0.25) is 0 Å². The lowest BCUT2D eigenvalue weighted by Crippen LogP contribution is -2.36. The molecule has 1 aliphatic rings. The first-order chi connectivity index (χ1) is 9.00. The highest BCUT2D eigenvalue weighted by molar-refractivity contribution is 9.10. The Morgan fingerprint density at radius 3 is 2.79 bits per heavy atom. The number of anilines is 1. The summed E-state index contributed by atoms with van der Waals surface area (Å²) in [5.74, 6) is 0.696. The Balaban J connectivity index is 2.12. The van der Waals surface area contributed by atoms with Crippen molar-refractivity contribution in [2.45, 2.75) is 18.9 Å². The summed E-state index contributed by atoms with van der Waals surface area (Å²) in [6.45, 7) is 0.696. The highest BCUT2D eigenvalue weighted by Gasteiger charge is 2.32. The minimum Gasteiger partial charge on any atom is -0.377 e. The molecule has 7 heteroatoms. The summed E-state index contributed by atoms with van der Waals surface area (Å²) in [4.78, 5) is 16.6. The largest absolute Gasteiger partial charge is 0.377 e. The van der Waals surface area contributed by atoms with Crippen LogP contribution in [0.2, 0.25) is 0 Å². The molecule has 1 fully saturated rings. The van der Waals surface area contributed by atoms with Crippen LogP contribution in [-0.2, 0) is 0 Å². The molecular formula is C12H17BrN4O2. The zero-order valence-electron chi connectivity index (χ0n) is 11.0. The van der Waals surface area contributed by atoms with Gasteiger partial charge in [-0.3, -0.25) is 15.1 Å². The van der Waals surface area contributed by atoms with Gasteiger partial charge in [-0.2, -0.15) is 0 Å². The quantitative estimate of drug-likeness (QED) is 0.641. The summed E-state index contributed by atoms with van der Waals surface area (Å²) in [5.41, 5.74) is 0.509. The predicted octanol–water partition coefficient (Wildman–Crippen LogP) is 2.50. The molecule has 1 aromatic heterocycles. The summed E-state index contributed by atoms with van der Waals surface area (Å²) in [7, 11) is 4.08. The van der Waals surface area contributed by atoms with Gasteiger partial charge in [-0.25, -0.2) is 0 Å². The number of nitrogens with one attached hydrogen (secondary N) is 1. The standard InChI is InChI=1S/C12H17BrN4O2/c1-16(2)10(8-3-4-8)7-15-12-9(13)5-14-6-11(12)17(18)19/h5-6,8,10H,3-4,7H2,1-2H3,(H,14,15). The van der Waals surface area contributed by atoms with Crippen molar-refractivity contribution in [1.82, 2.24) is 9.88 Å². The zero-order chi connectivity index (χ0) is 14.0. The van der Waals surface area contributed by atoms with Crippen LogP contribution in [0.1, 0.15) is 12.8 Å². The highest BCUT2D eigenvalue weighted by atomic mass is 79.9. The van der Waals surface area contributed by atoms with E-state index < -0.39 is 4.92 Å². The van der Waals surface area contributed by atoms with Crippen LogP contribution in [0.25, 0.3) is 0 Å². The Morgan fingerprint density at radius 2 is 2.26 bits per heavy atom. The SMILES string of the molecule is CN(C)C(CNc1c(Br)cncc1[N+](=O)[O-])C1CC1. The second kappa shape index (κ2) is 5.83. The Morgan fingerprint density at radius 1 is 1.58 bits per heavy atom. The van der Waals surface area contributed by atoms with Gasteiger partial charge in [0.25, 0.3) is 0 Å². The van der Waals surface area contributed by atoms with Crippen molar-refractivity contribution < 1.29 is 4.92 Å². The van der Waals surface area contributed by atoms with Crippen LogP contribution in [0.15, 0.2) is 16.9 Å². The smallest absolute Gasteiger partial charge is 0.311 e. The molecule has 1 saturated carbocycles. The van der Waals surface area contributed by atoms with Crippen molar-refractivity contribution in [3.8, 4) is 0 Å². The molecule has 0 aliphatic heterocycles. The third-order valence-electron chi connectivity index (χ3n) is 3.39. The van der Waals surface area contributed by atoms with Gasteiger partial charge in [0.05, 0.1) is 9.40 Å². The van der Waals surface area contributed by atoms with E-state index in [-0.39, 0.29) is 5.69 Å². The number of halogens is 1. The number of nitrogens with zero attached hydrogens (tertiary/aromatic N) is 3. The number of hydrogen-bond acceptors (Lipinski definition) is 5. The van der Waals surface area contributed by atoms with Gasteiger partial charge in [-0.1, -0.05) is 0 Å². The van der Waals surface area contributed by atoms with Crippen molar-refractivity contribution in [3.05, 3.63) is 27.0 Å². The molecular weight excluding hydrogens is 312 g/mol. The molecule has 2 rings (SSSR count). The van der Waals surface area contributed by atoms with Crippen LogP contribution in [0, 0.1) is 16.0 Å². The van der Waals surface area contributed by atoms with Crippen LogP contribution in [0.3, 0.4) is 0 Å². The molecule has 0 bridgehead atoms. The van der Waals surface area contributed by atoms with Crippen LogP contribution in [0.5, 0.6) is 0 Å². The van der Waals surface area contributed by atoms with Crippen molar-refractivity contribution in [2.24, 2.45) is 5.92 Å². The summed E-state index contributed by atoms with van der Waals surface area (Å²) in [6, 6.07) is 0.402. The fourth-order valence-corrected chi connectivity index (χ4v) is 2.66. The van der Waals surface area contributed by atoms with Gasteiger partial charge in [-0.05, 0) is 48.8 Å². The van der Waals surface area contributed by atoms with E-state index in [1.165, 1.54) is 19.0 Å². The van der Waals surface area contributed by atoms with Crippen molar-refractivity contribution in [2.75, 3.05) is 26.0 Å². The molecule has 1 heterocycles. The van der Waals surface area contributed by atoms with Crippen molar-refractivity contribution in [3.63, 3.8) is 0 Å². The summed E-state index contributed by atoms with van der Waals surface area (Å²) < 4.78 is 0.620. The summed E-state index contributed by atoms with van der Waals surface area (Å²) in [6.07, 6.45) is 5.32. The molecule has 1 aliphatic carbocycles. The van der Waals surface area contributed by atoms with Gasteiger partial charge in [-0.15, -0.1) is 0 Å². The topological polar surface area (TPSA) is 71.3 Å². The minimum atomic E-state index is -0.415. The molecule has 0 aromatic carbocycles. The van der Waals surface area contributed by atoms with E-state index in [4.69, 9.17) is 0 Å². The van der Waals surface area contributed by atoms with E-state index in [2.05, 4.69) is 31.1 Å². The second-order valence-corrected chi connectivity index (χ2v) is 5.88. The van der Waals surface area contributed by atoms with Gasteiger partial charge in [0, 0.05) is 18.8 Å². The second-order valence-electron chi connectivity index (χ2n) is 5.02. The van der Waals surface area contributed by atoms with Crippen LogP contribution < -0.4 is 5.32 Å². The summed E-state index contributed by atoms with van der Waals surface area (Å²) in [5, 5.41) is 14.2. The zero-order valence-corrected chi connectivity index (χ0v) is 12.6. The van der Waals surface area contributed by atoms with E-state index in [0.717, 1.165) is 0 Å². The fraction of sp³-hybridized carbons (Fsp3) is 0.583. The number of nitro groups is 1. The maximum absolute atomic E-state index is 11.0. The highest BCUT2D eigenvalue weighted by Crippen LogP contribution is 2.36. The molecule has 0 radical (unpaired) electrons. The molecule has 0 spiro atoms. The number of pyridine rings is 1. The third-order valence-corrected chi connectivity index (χ3v) is 4.00. The third kappa shape index (κ3) is 3.42. The monoisotopic (exact) mass is 328 g/mol. The van der Waals surface area contributed by atoms with Gasteiger partial charge < -0.3 is 10.2 Å². The average Bonchev–Trinajstić information content (AvgIpc) is 3.14. The van der Waals surface area contributed by atoms with Crippen molar-refractivity contribution >= 4 is 27.3 Å². The van der Waals surface area contributed by atoms with Crippen LogP contribution >= 0.6 is 15.9 Å². The van der Waals surface area contributed by atoms with Crippen LogP contribution in [-0.4, -0.2) is 41.5 Å². The Bertz CT molecular complexity index is 475. The lowest BCUT2D eigenvalue weighted by molar-refractivity contribution is -0.384. The predicted molar refractivity (Wildman–Crippen MR) is 77.3 cm³/mol. The minimum absolute atomic E-state index is 0.00248. The normalized spacial score (nSPS) is 16.4. The number of aromatic nitrogens is 1. The van der Waals surface area contributed by atoms with E-state index in [1.807, 2.05) is 14.1 Å². The van der Waals surface area contributed by atoms with E-state index >= 15 is 0 Å². The van der Waals surface area contributed by atoms with Gasteiger partial charge in [0.1, 0.15) is 11.9 Å². The molecule has 1 N–H and O–H groups in total. The average molecular weight is 329 g/mol. The molecule has 1 unspecified atom stereocenters. The molecule has 6 nitrogen and oxygen atoms in total. The molecule has 1 atom stereocenters. The molecule has 19 heavy (non-hydrogen) atoms. The molecule has 104 valence electrons. The fourth-order valence-electron chi connectivity index (χ4n) is 2.20. The van der Waals surface area contributed by atoms with E-state index in [9.17, 15) is 10.1 Å². The van der Waals surface area contributed by atoms with E-state index in [0.29, 0.717) is 28.7 Å². The Hall–Kier alpha value is -1.21. The Kier molecular flexibility index (Phi) is 4.36. The maximum atomic E-state index is 11.0. The number of likely N-dealkylation sites (N-methyl/N-ethyl adjacent to an activating group) is 1. The first kappa shape index (κ1) is 14.2. The van der Waals surface area contributed by atoms with Crippen molar-refractivity contribution in [1.29, 1.82) is 0 Å². The first-order valence-electron chi connectivity index (χ1n) is 6.19. The van der Waals surface area contributed by atoms with E-state index in [1.54, 1.807) is 6.20 Å². The molecule has 0 amide bonds. The van der Waals surface area contributed by atoms with Gasteiger partial charge >= 0.3 is 5.69 Å². The van der Waals surface area contributed by atoms with Crippen LogP contribution in [0.4, 0.5) is 11.4 Å². The molecule has 1 aromatic rings. The Labute approximate surface area is 120 Å². The number of hydrogen-bond donors (Lipinski definition) is 1. The molecule has 0 saturated heterocycles. The lowest BCUT2D eigenvalue weighted by atomic mass is 10.1. The lowest BCUT2D eigenvalue weighted by Gasteiger charge is -2.25. The first-order valence-corrected chi connectivity index (χ1v) is 6.98. The summed E-state index contributed by atoms with van der Waals surface area (Å²) >= 11 is 3.31. The van der Waals surface area contributed by atoms with Gasteiger partial charge in [0.15, 0.2) is 0 Å². The number of rotatable bonds is 6. The maximum Gasteiger partial charge on any atom is 0.311 e.